The van der Waals surface area contributed by atoms with Gasteiger partial charge in [-0.2, -0.15) is 0 Å². The number of para-hydroxylation sites is 1. The molecule has 0 radical (unpaired) electrons. The van der Waals surface area contributed by atoms with Gasteiger partial charge in [-0.25, -0.2) is 9.07 Å². The third-order valence-electron chi connectivity index (χ3n) is 2.38. The van der Waals surface area contributed by atoms with Crippen LogP contribution in [0.4, 0.5) is 4.39 Å². The lowest BCUT2D eigenvalue weighted by atomic mass is 10.3. The Labute approximate surface area is 113 Å². The maximum Gasteiger partial charge on any atom is 0.165 e. The first kappa shape index (κ1) is 13.0. The molecule has 2 aromatic rings. The summed E-state index contributed by atoms with van der Waals surface area (Å²) in [5, 5.41) is 7.95. The number of benzene rings is 1. The zero-order valence-electron chi connectivity index (χ0n) is 9.88. The van der Waals surface area contributed by atoms with Crippen LogP contribution in [0.15, 0.2) is 30.5 Å². The normalized spacial score (nSPS) is 12.4. The minimum absolute atomic E-state index is 0.165. The third kappa shape index (κ3) is 3.29. The third-order valence-corrected chi connectivity index (χ3v) is 2.85. The lowest BCUT2D eigenvalue weighted by molar-refractivity contribution is 0.277. The maximum atomic E-state index is 13.3. The van der Waals surface area contributed by atoms with Crippen LogP contribution in [0.25, 0.3) is 0 Å². The number of hydrogen-bond acceptors (Lipinski definition) is 3. The Morgan fingerprint density at radius 1 is 1.44 bits per heavy atom. The van der Waals surface area contributed by atoms with Crippen molar-refractivity contribution in [2.24, 2.45) is 0 Å². The van der Waals surface area contributed by atoms with Gasteiger partial charge >= 0.3 is 0 Å². The molecule has 0 saturated carbocycles. The van der Waals surface area contributed by atoms with Crippen LogP contribution in [-0.2, 0) is 6.54 Å². The molecule has 0 fully saturated rings. The highest BCUT2D eigenvalue weighted by molar-refractivity contribution is 9.09. The number of rotatable bonds is 5. The summed E-state index contributed by atoms with van der Waals surface area (Å²) in [4.78, 5) is 0.165. The Bertz CT molecular complexity index is 516. The first-order valence-electron chi connectivity index (χ1n) is 5.58. The van der Waals surface area contributed by atoms with Crippen molar-refractivity contribution in [3.8, 4) is 5.75 Å². The Morgan fingerprint density at radius 3 is 2.89 bits per heavy atom. The van der Waals surface area contributed by atoms with Gasteiger partial charge in [-0.1, -0.05) is 33.3 Å². The van der Waals surface area contributed by atoms with E-state index in [1.54, 1.807) is 22.9 Å². The summed E-state index contributed by atoms with van der Waals surface area (Å²) in [5.74, 6) is -0.0995. The van der Waals surface area contributed by atoms with E-state index in [0.29, 0.717) is 13.2 Å². The molecule has 2 rings (SSSR count). The summed E-state index contributed by atoms with van der Waals surface area (Å²) < 4.78 is 20.3. The summed E-state index contributed by atoms with van der Waals surface area (Å²) in [6, 6.07) is 6.33. The average molecular weight is 314 g/mol. The summed E-state index contributed by atoms with van der Waals surface area (Å²) >= 11 is 3.41. The molecule has 1 atom stereocenters. The number of nitrogens with zero attached hydrogens (tertiary/aromatic N) is 3. The Morgan fingerprint density at radius 2 is 2.22 bits per heavy atom. The predicted molar refractivity (Wildman–Crippen MR) is 69.3 cm³/mol. The fourth-order valence-electron chi connectivity index (χ4n) is 1.42. The van der Waals surface area contributed by atoms with Gasteiger partial charge in [-0.15, -0.1) is 5.10 Å². The first-order valence-corrected chi connectivity index (χ1v) is 6.50. The molecule has 4 nitrogen and oxygen atoms in total. The molecule has 0 amide bonds. The smallest absolute Gasteiger partial charge is 0.165 e. The van der Waals surface area contributed by atoms with Crippen LogP contribution in [0.2, 0.25) is 0 Å². The molecule has 0 aliphatic carbocycles. The van der Waals surface area contributed by atoms with Crippen molar-refractivity contribution in [3.63, 3.8) is 0 Å². The number of ether oxygens (including phenoxy) is 1. The molecule has 6 heteroatoms. The van der Waals surface area contributed by atoms with Crippen molar-refractivity contribution < 1.29 is 9.13 Å². The van der Waals surface area contributed by atoms with E-state index < -0.39 is 0 Å². The molecule has 0 aliphatic rings. The largest absolute Gasteiger partial charge is 0.489 e. The second-order valence-electron chi connectivity index (χ2n) is 3.80. The number of halogens is 2. The van der Waals surface area contributed by atoms with Crippen LogP contribution in [0.1, 0.15) is 17.4 Å². The lowest BCUT2D eigenvalue weighted by Gasteiger charge is -2.06. The van der Waals surface area contributed by atoms with E-state index in [0.717, 1.165) is 5.69 Å². The second kappa shape index (κ2) is 5.95. The molecule has 1 aromatic heterocycles. The molecular weight excluding hydrogens is 301 g/mol. The fourth-order valence-corrected chi connectivity index (χ4v) is 1.63. The Hall–Kier alpha value is -1.43. The highest BCUT2D eigenvalue weighted by Crippen LogP contribution is 2.18. The van der Waals surface area contributed by atoms with Crippen molar-refractivity contribution in [2.75, 3.05) is 6.61 Å². The van der Waals surface area contributed by atoms with E-state index in [-0.39, 0.29) is 16.4 Å². The quantitative estimate of drug-likeness (QED) is 0.797. The SMILES string of the molecule is CC(Br)c1cn(CCOc2ccccc2F)nn1. The van der Waals surface area contributed by atoms with E-state index in [1.807, 2.05) is 13.1 Å². The van der Waals surface area contributed by atoms with Crippen molar-refractivity contribution in [1.82, 2.24) is 15.0 Å². The summed E-state index contributed by atoms with van der Waals surface area (Å²) in [7, 11) is 0. The monoisotopic (exact) mass is 313 g/mol. The second-order valence-corrected chi connectivity index (χ2v) is 5.17. The van der Waals surface area contributed by atoms with Gasteiger partial charge in [-0.3, -0.25) is 0 Å². The van der Waals surface area contributed by atoms with Gasteiger partial charge in [0.15, 0.2) is 11.6 Å². The van der Waals surface area contributed by atoms with Gasteiger partial charge in [0.05, 0.1) is 17.1 Å². The van der Waals surface area contributed by atoms with Crippen LogP contribution in [0.3, 0.4) is 0 Å². The molecule has 1 aromatic carbocycles. The molecule has 1 unspecified atom stereocenters. The molecule has 18 heavy (non-hydrogen) atoms. The van der Waals surface area contributed by atoms with Crippen molar-refractivity contribution in [3.05, 3.63) is 42.0 Å². The molecule has 0 aliphatic heterocycles. The van der Waals surface area contributed by atoms with Gasteiger partial charge in [0.2, 0.25) is 0 Å². The van der Waals surface area contributed by atoms with E-state index in [1.165, 1.54) is 6.07 Å². The minimum atomic E-state index is -0.356. The summed E-state index contributed by atoms with van der Waals surface area (Å²) in [5.41, 5.74) is 0.862. The van der Waals surface area contributed by atoms with Crippen LogP contribution in [-0.4, -0.2) is 21.6 Å². The van der Waals surface area contributed by atoms with Crippen LogP contribution < -0.4 is 4.74 Å². The zero-order valence-corrected chi connectivity index (χ0v) is 11.5. The zero-order chi connectivity index (χ0) is 13.0. The molecule has 0 bridgehead atoms. The Balaban J connectivity index is 1.87. The minimum Gasteiger partial charge on any atom is -0.489 e. The van der Waals surface area contributed by atoms with E-state index >= 15 is 0 Å². The van der Waals surface area contributed by atoms with Crippen LogP contribution in [0.5, 0.6) is 5.75 Å². The molecule has 0 saturated heterocycles. The number of alkyl halides is 1. The van der Waals surface area contributed by atoms with Crippen LogP contribution in [0, 0.1) is 5.82 Å². The molecule has 0 spiro atoms. The van der Waals surface area contributed by atoms with Gasteiger partial charge in [0, 0.05) is 6.20 Å². The molecule has 0 N–H and O–H groups in total. The van der Waals surface area contributed by atoms with Gasteiger partial charge in [0.1, 0.15) is 6.61 Å². The van der Waals surface area contributed by atoms with Crippen molar-refractivity contribution >= 4 is 15.9 Å². The molecule has 96 valence electrons. The van der Waals surface area contributed by atoms with E-state index in [4.69, 9.17) is 4.74 Å². The average Bonchev–Trinajstić information content (AvgIpc) is 2.80. The fraction of sp³-hybridized carbons (Fsp3) is 0.333. The highest BCUT2D eigenvalue weighted by Gasteiger charge is 2.06. The number of aromatic nitrogens is 3. The van der Waals surface area contributed by atoms with Gasteiger partial charge in [-0.05, 0) is 19.1 Å². The standard InChI is InChI=1S/C12H13BrFN3O/c1-9(13)11-8-17(16-15-11)6-7-18-12-5-3-2-4-10(12)14/h2-5,8-9H,6-7H2,1H3. The summed E-state index contributed by atoms with van der Waals surface area (Å²) in [6.07, 6.45) is 1.84. The van der Waals surface area contributed by atoms with Crippen molar-refractivity contribution in [2.45, 2.75) is 18.3 Å². The van der Waals surface area contributed by atoms with E-state index in [9.17, 15) is 4.39 Å². The predicted octanol–water partition coefficient (Wildman–Crippen LogP) is 2.95. The van der Waals surface area contributed by atoms with E-state index in [2.05, 4.69) is 26.2 Å². The summed E-state index contributed by atoms with van der Waals surface area (Å²) in [6.45, 7) is 2.85. The molecular formula is C12H13BrFN3O. The topological polar surface area (TPSA) is 39.9 Å². The van der Waals surface area contributed by atoms with Crippen molar-refractivity contribution in [1.29, 1.82) is 0 Å². The lowest BCUT2D eigenvalue weighted by Crippen LogP contribution is -2.09. The molecule has 1 heterocycles. The number of hydrogen-bond donors (Lipinski definition) is 0. The highest BCUT2D eigenvalue weighted by atomic mass is 79.9. The Kier molecular flexibility index (Phi) is 4.30. The van der Waals surface area contributed by atoms with Gasteiger partial charge in [0.25, 0.3) is 0 Å². The van der Waals surface area contributed by atoms with Crippen LogP contribution >= 0.6 is 15.9 Å². The first-order chi connectivity index (χ1) is 8.66. The van der Waals surface area contributed by atoms with Gasteiger partial charge < -0.3 is 4.74 Å². The maximum absolute atomic E-state index is 13.3.